The highest BCUT2D eigenvalue weighted by atomic mass is 32.2. The van der Waals surface area contributed by atoms with Gasteiger partial charge < -0.3 is 14.6 Å². The fourth-order valence-corrected chi connectivity index (χ4v) is 5.80. The number of carbonyl (C=O) groups is 2. The molecule has 0 spiro atoms. The van der Waals surface area contributed by atoms with Crippen LogP contribution in [0.2, 0.25) is 0 Å². The lowest BCUT2D eigenvalue weighted by Gasteiger charge is -2.08. The molecule has 166 valence electrons. The van der Waals surface area contributed by atoms with Crippen LogP contribution in [0, 0.1) is 27.7 Å². The van der Waals surface area contributed by atoms with Gasteiger partial charge in [0.2, 0.25) is 5.91 Å². The summed E-state index contributed by atoms with van der Waals surface area (Å²) in [5, 5.41) is 14.9. The average molecular weight is 479 g/mol. The van der Waals surface area contributed by atoms with Crippen LogP contribution in [0.15, 0.2) is 10.5 Å². The van der Waals surface area contributed by atoms with Crippen molar-refractivity contribution in [2.24, 2.45) is 0 Å². The number of anilines is 1. The molecule has 0 radical (unpaired) electrons. The molecule has 0 aliphatic heterocycles. The zero-order valence-electron chi connectivity index (χ0n) is 18.5. The van der Waals surface area contributed by atoms with Gasteiger partial charge in [0.05, 0.1) is 17.9 Å². The van der Waals surface area contributed by atoms with Gasteiger partial charge in [0, 0.05) is 27.2 Å². The van der Waals surface area contributed by atoms with E-state index in [1.54, 1.807) is 18.3 Å². The van der Waals surface area contributed by atoms with Crippen LogP contribution in [-0.4, -0.2) is 39.0 Å². The summed E-state index contributed by atoms with van der Waals surface area (Å²) in [4.78, 5) is 27.2. The summed E-state index contributed by atoms with van der Waals surface area (Å²) < 4.78 is 7.17. The minimum Gasteiger partial charge on any atom is -0.462 e. The molecule has 3 aromatic heterocycles. The summed E-state index contributed by atoms with van der Waals surface area (Å²) in [6, 6.07) is 0. The predicted molar refractivity (Wildman–Crippen MR) is 128 cm³/mol. The Morgan fingerprint density at radius 2 is 1.87 bits per heavy atom. The lowest BCUT2D eigenvalue weighted by molar-refractivity contribution is -0.113. The van der Waals surface area contributed by atoms with Crippen LogP contribution in [0.4, 0.5) is 5.00 Å². The smallest absolute Gasteiger partial charge is 0.341 e. The Morgan fingerprint density at radius 1 is 1.13 bits per heavy atom. The van der Waals surface area contributed by atoms with Crippen molar-refractivity contribution in [3.8, 4) is 11.4 Å². The maximum absolute atomic E-state index is 12.6. The first kappa shape index (κ1) is 23.5. The molecule has 0 unspecified atom stereocenters. The Morgan fingerprint density at radius 3 is 2.48 bits per heavy atom. The van der Waals surface area contributed by atoms with Crippen molar-refractivity contribution >= 4 is 51.3 Å². The summed E-state index contributed by atoms with van der Waals surface area (Å²) in [7, 11) is 0. The van der Waals surface area contributed by atoms with Gasteiger partial charge in [-0.1, -0.05) is 11.8 Å². The number of thioether (sulfide) groups is 1. The monoisotopic (exact) mass is 478 g/mol. The van der Waals surface area contributed by atoms with Crippen molar-refractivity contribution in [1.82, 2.24) is 14.8 Å². The first-order valence-corrected chi connectivity index (χ1v) is 12.6. The predicted octanol–water partition coefficient (Wildman–Crippen LogP) is 5.23. The quantitative estimate of drug-likeness (QED) is 0.352. The van der Waals surface area contributed by atoms with E-state index in [0.717, 1.165) is 21.8 Å². The molecule has 10 heteroatoms. The Hall–Kier alpha value is -2.17. The van der Waals surface area contributed by atoms with E-state index in [4.69, 9.17) is 4.74 Å². The van der Waals surface area contributed by atoms with E-state index in [1.165, 1.54) is 33.5 Å². The van der Waals surface area contributed by atoms with E-state index in [0.29, 0.717) is 22.3 Å². The number of rotatable bonds is 8. The molecular weight excluding hydrogens is 452 g/mol. The van der Waals surface area contributed by atoms with E-state index >= 15 is 0 Å². The highest BCUT2D eigenvalue weighted by molar-refractivity contribution is 7.99. The van der Waals surface area contributed by atoms with Gasteiger partial charge >= 0.3 is 5.97 Å². The number of hydrogen-bond donors (Lipinski definition) is 1. The standard InChI is InChI=1S/C21H26N4O3S3/c1-7-25-18(15-9-29-13(5)11(15)3)23-24-21(25)30-10-16(26)22-19-17(20(27)28-8-2)12(4)14(6)31-19/h9H,7-8,10H2,1-6H3,(H,22,26). The van der Waals surface area contributed by atoms with Gasteiger partial charge in [-0.15, -0.1) is 32.9 Å². The molecular formula is C21H26N4O3S3. The average Bonchev–Trinajstić information content (AvgIpc) is 3.36. The van der Waals surface area contributed by atoms with Crippen LogP contribution in [-0.2, 0) is 16.1 Å². The molecule has 1 N–H and O–H groups in total. The van der Waals surface area contributed by atoms with Crippen molar-refractivity contribution in [1.29, 1.82) is 0 Å². The third-order valence-corrected chi connectivity index (χ3v) is 8.11. The largest absolute Gasteiger partial charge is 0.462 e. The molecule has 0 bridgehead atoms. The van der Waals surface area contributed by atoms with Gasteiger partial charge in [-0.05, 0) is 52.7 Å². The van der Waals surface area contributed by atoms with Crippen LogP contribution < -0.4 is 5.32 Å². The third-order valence-electron chi connectivity index (χ3n) is 5.01. The van der Waals surface area contributed by atoms with Gasteiger partial charge in [0.25, 0.3) is 0 Å². The van der Waals surface area contributed by atoms with Crippen LogP contribution in [0.1, 0.15) is 45.1 Å². The second kappa shape index (κ2) is 9.97. The number of thiophene rings is 2. The Bertz CT molecular complexity index is 1110. The van der Waals surface area contributed by atoms with Crippen LogP contribution in [0.25, 0.3) is 11.4 Å². The lowest BCUT2D eigenvalue weighted by Crippen LogP contribution is -2.17. The lowest BCUT2D eigenvalue weighted by atomic mass is 10.1. The number of nitrogens with one attached hydrogen (secondary N) is 1. The highest BCUT2D eigenvalue weighted by Crippen LogP contribution is 2.34. The molecule has 0 saturated heterocycles. The van der Waals surface area contributed by atoms with Gasteiger partial charge in [-0.3, -0.25) is 4.79 Å². The molecule has 0 aliphatic carbocycles. The molecule has 0 aliphatic rings. The number of nitrogens with zero attached hydrogens (tertiary/aromatic N) is 3. The molecule has 0 fully saturated rings. The maximum atomic E-state index is 12.6. The topological polar surface area (TPSA) is 86.1 Å². The van der Waals surface area contributed by atoms with Crippen LogP contribution in [0.3, 0.4) is 0 Å². The second-order valence-corrected chi connectivity index (χ2v) is 10.2. The Kier molecular flexibility index (Phi) is 7.55. The summed E-state index contributed by atoms with van der Waals surface area (Å²) >= 11 is 4.41. The van der Waals surface area contributed by atoms with E-state index in [1.807, 2.05) is 25.3 Å². The van der Waals surface area contributed by atoms with E-state index in [-0.39, 0.29) is 18.3 Å². The summed E-state index contributed by atoms with van der Waals surface area (Å²) in [5.74, 6) is 0.370. The fourth-order valence-electron chi connectivity index (χ4n) is 3.07. The van der Waals surface area contributed by atoms with E-state index in [2.05, 4.69) is 34.7 Å². The van der Waals surface area contributed by atoms with Crippen LogP contribution >= 0.6 is 34.4 Å². The van der Waals surface area contributed by atoms with E-state index < -0.39 is 5.97 Å². The molecule has 0 atom stereocenters. The van der Waals surface area contributed by atoms with Gasteiger partial charge in [-0.25, -0.2) is 4.79 Å². The fraction of sp³-hybridized carbons (Fsp3) is 0.429. The molecule has 0 saturated carbocycles. The minimum absolute atomic E-state index is 0.165. The van der Waals surface area contributed by atoms with Crippen LogP contribution in [0.5, 0.6) is 0 Å². The zero-order valence-corrected chi connectivity index (χ0v) is 20.9. The molecule has 1 amide bonds. The number of carbonyl (C=O) groups excluding carboxylic acids is 2. The van der Waals surface area contributed by atoms with Crippen molar-refractivity contribution in [2.45, 2.75) is 53.2 Å². The first-order valence-electron chi connectivity index (χ1n) is 9.96. The molecule has 3 rings (SSSR count). The number of amides is 1. The summed E-state index contributed by atoms with van der Waals surface area (Å²) in [6.45, 7) is 12.8. The normalized spacial score (nSPS) is 11.0. The molecule has 0 aromatic carbocycles. The van der Waals surface area contributed by atoms with Crippen molar-refractivity contribution in [3.63, 3.8) is 0 Å². The number of aryl methyl sites for hydroxylation is 2. The van der Waals surface area contributed by atoms with Crippen molar-refractivity contribution < 1.29 is 14.3 Å². The molecule has 7 nitrogen and oxygen atoms in total. The van der Waals surface area contributed by atoms with Gasteiger partial charge in [0.15, 0.2) is 11.0 Å². The molecule has 31 heavy (non-hydrogen) atoms. The highest BCUT2D eigenvalue weighted by Gasteiger charge is 2.23. The summed E-state index contributed by atoms with van der Waals surface area (Å²) in [6.07, 6.45) is 0. The van der Waals surface area contributed by atoms with Gasteiger partial charge in [-0.2, -0.15) is 0 Å². The number of hydrogen-bond acceptors (Lipinski definition) is 8. The second-order valence-electron chi connectivity index (χ2n) is 6.93. The zero-order chi connectivity index (χ0) is 22.7. The number of aromatic nitrogens is 3. The third kappa shape index (κ3) is 4.86. The molecule has 3 aromatic rings. The minimum atomic E-state index is -0.413. The summed E-state index contributed by atoms with van der Waals surface area (Å²) in [5.41, 5.74) is 3.56. The molecule has 3 heterocycles. The van der Waals surface area contributed by atoms with Gasteiger partial charge in [0.1, 0.15) is 5.00 Å². The maximum Gasteiger partial charge on any atom is 0.341 e. The Labute approximate surface area is 194 Å². The number of esters is 1. The SMILES string of the molecule is CCOC(=O)c1c(NC(=O)CSc2nnc(-c3csc(C)c3C)n2CC)sc(C)c1C. The van der Waals surface area contributed by atoms with Crippen molar-refractivity contribution in [2.75, 3.05) is 17.7 Å². The van der Waals surface area contributed by atoms with E-state index in [9.17, 15) is 9.59 Å². The van der Waals surface area contributed by atoms with Crippen molar-refractivity contribution in [3.05, 3.63) is 31.8 Å². The Balaban J connectivity index is 1.73. The number of ether oxygens (including phenoxy) is 1. The first-order chi connectivity index (χ1) is 14.8.